The van der Waals surface area contributed by atoms with Crippen molar-refractivity contribution >= 4 is 35.2 Å². The molecule has 10 heteroatoms. The highest BCUT2D eigenvalue weighted by atomic mass is 35.5. The molecule has 0 aromatic heterocycles. The van der Waals surface area contributed by atoms with Crippen molar-refractivity contribution in [3.63, 3.8) is 0 Å². The lowest BCUT2D eigenvalue weighted by Crippen LogP contribution is -2.52. The van der Waals surface area contributed by atoms with Gasteiger partial charge in [0, 0.05) is 37.0 Å². The Hall–Kier alpha value is -3.33. The maximum absolute atomic E-state index is 14.8. The predicted octanol–water partition coefficient (Wildman–Crippen LogP) is 2.51. The van der Waals surface area contributed by atoms with Gasteiger partial charge in [0.2, 0.25) is 11.8 Å². The van der Waals surface area contributed by atoms with Crippen LogP contribution >= 0.6 is 11.6 Å². The van der Waals surface area contributed by atoms with Crippen LogP contribution < -0.4 is 10.6 Å². The Labute approximate surface area is 193 Å². The maximum Gasteiger partial charge on any atom is 0.349 e. The summed E-state index contributed by atoms with van der Waals surface area (Å²) in [6.45, 7) is -3.30. The summed E-state index contributed by atoms with van der Waals surface area (Å²) in [7, 11) is 0. The number of rotatable bonds is 5. The molecule has 1 fully saturated rings. The number of hydrogen-bond acceptors (Lipinski definition) is 4. The van der Waals surface area contributed by atoms with Crippen molar-refractivity contribution in [3.05, 3.63) is 69.7 Å². The molecule has 0 bridgehead atoms. The van der Waals surface area contributed by atoms with Crippen LogP contribution in [0.3, 0.4) is 0 Å². The SMILES string of the molecule is [2H]C1CC(N2Cc3cc(C([2H])([2H])N([2H])C(=O)C(F)(F)c4ccc(Cl)cc4)ccc3C2=O)C(=O)N([2H])C1=O. The van der Waals surface area contributed by atoms with Crippen LogP contribution in [0, 0.1) is 0 Å². The summed E-state index contributed by atoms with van der Waals surface area (Å²) in [5.74, 6) is -9.04. The van der Waals surface area contributed by atoms with Crippen LogP contribution in [0.15, 0.2) is 42.5 Å². The lowest BCUT2D eigenvalue weighted by Gasteiger charge is -2.29. The lowest BCUT2D eigenvalue weighted by molar-refractivity contribution is -0.147. The minimum Gasteiger partial charge on any atom is -0.346 e. The fourth-order valence-electron chi connectivity index (χ4n) is 3.44. The number of benzene rings is 2. The molecule has 0 radical (unpaired) electrons. The fraction of sp³-hybridized carbons (Fsp3) is 0.273. The van der Waals surface area contributed by atoms with Gasteiger partial charge in [-0.2, -0.15) is 8.78 Å². The van der Waals surface area contributed by atoms with Gasteiger partial charge in [0.05, 0.1) is 2.74 Å². The second-order valence-electron chi connectivity index (χ2n) is 7.16. The first-order chi connectivity index (χ1) is 17.2. The zero-order valence-corrected chi connectivity index (χ0v) is 17.0. The van der Waals surface area contributed by atoms with Crippen molar-refractivity contribution in [1.29, 1.82) is 0 Å². The number of nitrogens with zero attached hydrogens (tertiary/aromatic N) is 1. The number of carbonyl (C=O) groups excluding carboxylic acids is 4. The number of halogens is 3. The van der Waals surface area contributed by atoms with Crippen LogP contribution in [0.2, 0.25) is 7.85 Å². The summed E-state index contributed by atoms with van der Waals surface area (Å²) < 4.78 is 69.2. The van der Waals surface area contributed by atoms with E-state index in [0.29, 0.717) is 0 Å². The molecule has 0 spiro atoms. The molecule has 7 nitrogen and oxygen atoms in total. The molecule has 2 N–H and O–H groups in total. The number of alkyl halides is 2. The summed E-state index contributed by atoms with van der Waals surface area (Å²) in [5.41, 5.74) is -0.921. The highest BCUT2D eigenvalue weighted by Gasteiger charge is 2.41. The van der Waals surface area contributed by atoms with Gasteiger partial charge in [-0.25, -0.2) is 0 Å². The molecule has 2 aliphatic heterocycles. The average Bonchev–Trinajstić information content (AvgIpc) is 3.19. The van der Waals surface area contributed by atoms with Gasteiger partial charge in [0.25, 0.3) is 11.8 Å². The molecule has 0 saturated carbocycles. The van der Waals surface area contributed by atoms with Gasteiger partial charge in [-0.1, -0.05) is 35.9 Å². The van der Waals surface area contributed by atoms with Gasteiger partial charge in [-0.15, -0.1) is 0 Å². The van der Waals surface area contributed by atoms with Crippen LogP contribution in [0.1, 0.15) is 44.0 Å². The molecular formula is C22H18ClF2N3O4. The number of piperidine rings is 1. The van der Waals surface area contributed by atoms with E-state index in [2.05, 4.69) is 0 Å². The molecule has 2 atom stereocenters. The van der Waals surface area contributed by atoms with Crippen molar-refractivity contribution in [3.8, 4) is 0 Å². The third kappa shape index (κ3) is 4.08. The molecule has 2 aromatic carbocycles. The van der Waals surface area contributed by atoms with E-state index in [0.717, 1.165) is 41.3 Å². The van der Waals surface area contributed by atoms with Gasteiger partial charge in [0.1, 0.15) is 6.04 Å². The largest absolute Gasteiger partial charge is 0.349 e. The Balaban J connectivity index is 1.59. The second-order valence-corrected chi connectivity index (χ2v) is 7.60. The zero-order chi connectivity index (χ0) is 27.4. The van der Waals surface area contributed by atoms with E-state index in [1.165, 1.54) is 6.07 Å². The first kappa shape index (κ1) is 16.3. The Bertz CT molecular complexity index is 1310. The number of carbonyl (C=O) groups is 4. The van der Waals surface area contributed by atoms with Gasteiger partial charge in [-0.05, 0) is 35.7 Å². The average molecular weight is 467 g/mol. The topological polar surface area (TPSA) is 95.6 Å². The van der Waals surface area contributed by atoms with Crippen LogP contribution in [0.4, 0.5) is 8.78 Å². The van der Waals surface area contributed by atoms with Gasteiger partial charge >= 0.3 is 5.92 Å². The molecular weight excluding hydrogens is 444 g/mol. The summed E-state index contributed by atoms with van der Waals surface area (Å²) in [6, 6.07) is 6.11. The molecule has 2 unspecified atom stereocenters. The number of imide groups is 1. The second kappa shape index (κ2) is 8.31. The van der Waals surface area contributed by atoms with Crippen LogP contribution in [0.25, 0.3) is 0 Å². The van der Waals surface area contributed by atoms with E-state index < -0.39 is 59.4 Å². The van der Waals surface area contributed by atoms with Crippen LogP contribution in [-0.4, -0.2) is 34.6 Å². The van der Waals surface area contributed by atoms with Crippen molar-refractivity contribution in [2.24, 2.45) is 0 Å². The molecule has 0 aliphatic carbocycles. The van der Waals surface area contributed by atoms with E-state index in [1.807, 2.05) is 0 Å². The van der Waals surface area contributed by atoms with Crippen molar-refractivity contribution in [2.45, 2.75) is 37.8 Å². The van der Waals surface area contributed by atoms with E-state index in [-0.39, 0.29) is 40.0 Å². The molecule has 1 saturated heterocycles. The van der Waals surface area contributed by atoms with E-state index in [1.54, 1.807) is 0 Å². The molecule has 2 aromatic rings. The van der Waals surface area contributed by atoms with Crippen LogP contribution in [-0.2, 0) is 33.3 Å². The van der Waals surface area contributed by atoms with E-state index in [9.17, 15) is 28.0 Å². The first-order valence-electron chi connectivity index (χ1n) is 11.9. The quantitative estimate of drug-likeness (QED) is 0.662. The third-order valence-electron chi connectivity index (χ3n) is 5.10. The minimum absolute atomic E-state index is 0.0383. The lowest BCUT2D eigenvalue weighted by atomic mass is 10.0. The first-order valence-corrected chi connectivity index (χ1v) is 9.76. The highest BCUT2D eigenvalue weighted by molar-refractivity contribution is 6.30. The molecule has 32 heavy (non-hydrogen) atoms. The Kier molecular flexibility index (Phi) is 4.24. The monoisotopic (exact) mass is 466 g/mol. The maximum atomic E-state index is 14.8. The van der Waals surface area contributed by atoms with Gasteiger partial charge in [0.15, 0.2) is 2.82 Å². The molecule has 2 aliphatic rings. The summed E-state index contributed by atoms with van der Waals surface area (Å²) in [5, 5.41) is -0.296. The third-order valence-corrected chi connectivity index (χ3v) is 5.35. The van der Waals surface area contributed by atoms with Crippen LogP contribution in [0.5, 0.6) is 0 Å². The van der Waals surface area contributed by atoms with Crippen molar-refractivity contribution in [1.82, 2.24) is 15.5 Å². The summed E-state index contributed by atoms with van der Waals surface area (Å²) in [6.07, 6.45) is -1.75. The normalized spacial score (nSPS) is 23.7. The number of fused-ring (bicyclic) bond motifs is 1. The fourth-order valence-corrected chi connectivity index (χ4v) is 3.56. The minimum atomic E-state index is -4.24. The van der Waals surface area contributed by atoms with E-state index in [4.69, 9.17) is 18.5 Å². The Morgan fingerprint density at radius 2 is 2.03 bits per heavy atom. The Morgan fingerprint density at radius 3 is 2.75 bits per heavy atom. The number of nitrogens with one attached hydrogen (secondary N) is 2. The smallest absolute Gasteiger partial charge is 0.346 e. The predicted molar refractivity (Wildman–Crippen MR) is 110 cm³/mol. The number of amides is 4. The highest BCUT2D eigenvalue weighted by Crippen LogP contribution is 2.30. The molecule has 4 amide bonds. The van der Waals surface area contributed by atoms with Gasteiger partial charge < -0.3 is 10.2 Å². The van der Waals surface area contributed by atoms with Crippen molar-refractivity contribution < 1.29 is 34.9 Å². The number of hydrogen-bond donors (Lipinski definition) is 2. The molecule has 166 valence electrons. The molecule has 2 heterocycles. The zero-order valence-electron chi connectivity index (χ0n) is 21.2. The summed E-state index contributed by atoms with van der Waals surface area (Å²) >= 11 is 5.68. The van der Waals surface area contributed by atoms with E-state index >= 15 is 0 Å². The van der Waals surface area contributed by atoms with Crippen molar-refractivity contribution in [2.75, 3.05) is 0 Å². The standard InChI is InChI=1S/C22H18ClF2N3O4/c23-15-4-2-14(3-5-15)22(24,25)21(32)26-10-12-1-6-16-13(9-12)11-28(20(16)31)17-7-8-18(29)27-19(17)30/h1-6,9,17H,7-8,10-11H2,(H,26,32)(H,27,29,30)/i8D,10D2/hD2. The Morgan fingerprint density at radius 1 is 1.31 bits per heavy atom. The van der Waals surface area contributed by atoms with Gasteiger partial charge in [-0.3, -0.25) is 24.5 Å². The molecule has 4 rings (SSSR count). The summed E-state index contributed by atoms with van der Waals surface area (Å²) in [4.78, 5) is 50.6.